The molecule has 0 N–H and O–H groups in total. The number of hydrogen-bond donors (Lipinski definition) is 1. The molecular formula is C19H22N2O2S. The Bertz CT molecular complexity index is 609. The van der Waals surface area contributed by atoms with E-state index in [0.29, 0.717) is 6.54 Å². The van der Waals surface area contributed by atoms with Crippen LogP contribution in [0.4, 0.5) is 0 Å². The topological polar surface area (TPSA) is 32.8 Å². The maximum absolute atomic E-state index is 12.7. The minimum Gasteiger partial charge on any atom is -0.283 e. The standard InChI is InChI=1S/C19H22N2O2S/c22-19-18(12-7-13-21(19)23-24)20(14-16-8-3-1-4-9-16)15-17-10-5-2-6-11-17/h1-6,8-11,18,24H,7,12-15H2. The van der Waals surface area contributed by atoms with Crippen LogP contribution in [0.5, 0.6) is 0 Å². The van der Waals surface area contributed by atoms with Gasteiger partial charge in [0.15, 0.2) is 0 Å². The van der Waals surface area contributed by atoms with Gasteiger partial charge in [-0.15, -0.1) is 0 Å². The second kappa shape index (κ2) is 8.33. The van der Waals surface area contributed by atoms with Crippen molar-refractivity contribution >= 4 is 18.8 Å². The van der Waals surface area contributed by atoms with Gasteiger partial charge in [0.1, 0.15) is 0 Å². The van der Waals surface area contributed by atoms with Crippen molar-refractivity contribution in [1.82, 2.24) is 9.96 Å². The van der Waals surface area contributed by atoms with E-state index in [4.69, 9.17) is 4.28 Å². The fourth-order valence-electron chi connectivity index (χ4n) is 3.16. The number of thiol groups is 1. The number of carbonyl (C=O) groups is 1. The molecule has 0 spiro atoms. The monoisotopic (exact) mass is 342 g/mol. The molecule has 0 aromatic heterocycles. The highest BCUT2D eigenvalue weighted by Gasteiger charge is 2.34. The molecule has 4 nitrogen and oxygen atoms in total. The number of amides is 1. The van der Waals surface area contributed by atoms with Crippen LogP contribution in [-0.4, -0.2) is 28.5 Å². The zero-order valence-corrected chi connectivity index (χ0v) is 14.4. The van der Waals surface area contributed by atoms with Gasteiger partial charge in [-0.2, -0.15) is 0 Å². The number of rotatable bonds is 6. The summed E-state index contributed by atoms with van der Waals surface area (Å²) in [7, 11) is 0. The predicted molar refractivity (Wildman–Crippen MR) is 96.9 cm³/mol. The molecule has 24 heavy (non-hydrogen) atoms. The number of hydroxylamine groups is 2. The first-order valence-electron chi connectivity index (χ1n) is 8.23. The van der Waals surface area contributed by atoms with E-state index < -0.39 is 0 Å². The van der Waals surface area contributed by atoms with E-state index >= 15 is 0 Å². The summed E-state index contributed by atoms with van der Waals surface area (Å²) in [6.45, 7) is 2.06. The summed E-state index contributed by atoms with van der Waals surface area (Å²) < 4.78 is 4.94. The van der Waals surface area contributed by atoms with E-state index in [9.17, 15) is 4.79 Å². The average Bonchev–Trinajstić information content (AvgIpc) is 2.63. The molecule has 3 rings (SSSR count). The van der Waals surface area contributed by atoms with Crippen molar-refractivity contribution in [1.29, 1.82) is 0 Å². The zero-order chi connectivity index (χ0) is 16.8. The first-order valence-corrected chi connectivity index (χ1v) is 8.59. The maximum Gasteiger partial charge on any atom is 0.264 e. The Balaban J connectivity index is 1.82. The largest absolute Gasteiger partial charge is 0.283 e. The van der Waals surface area contributed by atoms with Crippen molar-refractivity contribution in [2.24, 2.45) is 0 Å². The summed E-state index contributed by atoms with van der Waals surface area (Å²) in [5.41, 5.74) is 2.40. The Morgan fingerprint density at radius 2 is 1.54 bits per heavy atom. The molecule has 1 amide bonds. The van der Waals surface area contributed by atoms with Gasteiger partial charge in [0.2, 0.25) is 0 Å². The lowest BCUT2D eigenvalue weighted by molar-refractivity contribution is -0.166. The molecule has 126 valence electrons. The third kappa shape index (κ3) is 4.17. The summed E-state index contributed by atoms with van der Waals surface area (Å²) in [5.74, 6) is -0.0110. The second-order valence-corrected chi connectivity index (χ2v) is 6.22. The molecule has 1 unspecified atom stereocenters. The van der Waals surface area contributed by atoms with Crippen molar-refractivity contribution in [2.75, 3.05) is 6.54 Å². The van der Waals surface area contributed by atoms with Crippen LogP contribution in [-0.2, 0) is 22.2 Å². The number of piperidine rings is 1. The van der Waals surface area contributed by atoms with Gasteiger partial charge in [0.05, 0.1) is 6.04 Å². The van der Waals surface area contributed by atoms with Gasteiger partial charge in [-0.3, -0.25) is 9.69 Å². The van der Waals surface area contributed by atoms with Gasteiger partial charge in [-0.1, -0.05) is 60.7 Å². The highest BCUT2D eigenvalue weighted by molar-refractivity contribution is 7.75. The molecule has 1 saturated heterocycles. The summed E-state index contributed by atoms with van der Waals surface area (Å²) in [6, 6.07) is 20.3. The molecule has 0 radical (unpaired) electrons. The molecule has 1 heterocycles. The van der Waals surface area contributed by atoms with Crippen LogP contribution in [0.2, 0.25) is 0 Å². The maximum atomic E-state index is 12.7. The van der Waals surface area contributed by atoms with Crippen LogP contribution in [0.3, 0.4) is 0 Å². The minimum absolute atomic E-state index is 0.0110. The van der Waals surface area contributed by atoms with Crippen LogP contribution < -0.4 is 0 Å². The molecule has 0 saturated carbocycles. The molecule has 1 aliphatic heterocycles. The predicted octanol–water partition coefficient (Wildman–Crippen LogP) is 3.46. The summed E-state index contributed by atoms with van der Waals surface area (Å²) in [4.78, 5) is 14.9. The lowest BCUT2D eigenvalue weighted by atomic mass is 10.0. The van der Waals surface area contributed by atoms with Crippen LogP contribution in [0.15, 0.2) is 60.7 Å². The van der Waals surface area contributed by atoms with E-state index in [0.717, 1.165) is 25.9 Å². The number of benzene rings is 2. The minimum atomic E-state index is -0.189. The SMILES string of the molecule is O=C1C(N(Cc2ccccc2)Cc2ccccc2)CCCN1OS. The lowest BCUT2D eigenvalue weighted by Gasteiger charge is -2.37. The van der Waals surface area contributed by atoms with E-state index in [1.165, 1.54) is 16.2 Å². The van der Waals surface area contributed by atoms with Crippen LogP contribution >= 0.6 is 12.9 Å². The molecule has 0 bridgehead atoms. The first kappa shape index (κ1) is 17.0. The Morgan fingerprint density at radius 3 is 2.04 bits per heavy atom. The van der Waals surface area contributed by atoms with Crippen molar-refractivity contribution in [2.45, 2.75) is 32.0 Å². The fraction of sp³-hybridized carbons (Fsp3) is 0.316. The number of carbonyl (C=O) groups excluding carboxylic acids is 1. The van der Waals surface area contributed by atoms with E-state index in [2.05, 4.69) is 42.1 Å². The molecule has 5 heteroatoms. The molecular weight excluding hydrogens is 320 g/mol. The average molecular weight is 342 g/mol. The van der Waals surface area contributed by atoms with E-state index in [1.807, 2.05) is 36.4 Å². The first-order chi connectivity index (χ1) is 11.8. The molecule has 1 atom stereocenters. The van der Waals surface area contributed by atoms with Crippen molar-refractivity contribution in [3.8, 4) is 0 Å². The molecule has 1 aliphatic rings. The Hall–Kier alpha value is -1.82. The van der Waals surface area contributed by atoms with Gasteiger partial charge < -0.3 is 0 Å². The third-order valence-electron chi connectivity index (χ3n) is 4.37. The highest BCUT2D eigenvalue weighted by Crippen LogP contribution is 2.22. The van der Waals surface area contributed by atoms with E-state index in [1.54, 1.807) is 0 Å². The molecule has 0 aliphatic carbocycles. The smallest absolute Gasteiger partial charge is 0.264 e. The van der Waals surface area contributed by atoms with Crippen molar-refractivity contribution < 1.29 is 9.08 Å². The third-order valence-corrected chi connectivity index (χ3v) is 4.56. The van der Waals surface area contributed by atoms with Crippen LogP contribution in [0.25, 0.3) is 0 Å². The Kier molecular flexibility index (Phi) is 5.91. The van der Waals surface area contributed by atoms with Crippen molar-refractivity contribution in [3.63, 3.8) is 0 Å². The Morgan fingerprint density at radius 1 is 1.00 bits per heavy atom. The van der Waals surface area contributed by atoms with Gasteiger partial charge in [-0.05, 0) is 24.0 Å². The summed E-state index contributed by atoms with van der Waals surface area (Å²) in [6.07, 6.45) is 1.75. The van der Waals surface area contributed by atoms with Crippen molar-refractivity contribution in [3.05, 3.63) is 71.8 Å². The van der Waals surface area contributed by atoms with Crippen LogP contribution in [0, 0.1) is 0 Å². The lowest BCUT2D eigenvalue weighted by Crippen LogP contribution is -2.51. The van der Waals surface area contributed by atoms with Gasteiger partial charge in [-0.25, -0.2) is 9.35 Å². The quantitative estimate of drug-likeness (QED) is 0.645. The molecule has 2 aromatic carbocycles. The van der Waals surface area contributed by atoms with E-state index in [-0.39, 0.29) is 11.9 Å². The van der Waals surface area contributed by atoms with Gasteiger partial charge in [0.25, 0.3) is 5.91 Å². The fourth-order valence-corrected chi connectivity index (χ4v) is 3.32. The number of hydrogen-bond acceptors (Lipinski definition) is 4. The summed E-state index contributed by atoms with van der Waals surface area (Å²) >= 11 is 3.82. The zero-order valence-electron chi connectivity index (χ0n) is 13.5. The highest BCUT2D eigenvalue weighted by atomic mass is 32.1. The Labute approximate surface area is 148 Å². The van der Waals surface area contributed by atoms with Gasteiger partial charge >= 0.3 is 0 Å². The van der Waals surface area contributed by atoms with Crippen LogP contribution in [0.1, 0.15) is 24.0 Å². The second-order valence-electron chi connectivity index (χ2n) is 6.06. The normalized spacial score (nSPS) is 18.2. The summed E-state index contributed by atoms with van der Waals surface area (Å²) in [5, 5.41) is 1.36. The molecule has 2 aromatic rings. The molecule has 1 fully saturated rings. The van der Waals surface area contributed by atoms with Gasteiger partial charge in [0, 0.05) is 32.5 Å². The number of nitrogens with zero attached hydrogens (tertiary/aromatic N) is 2.